The van der Waals surface area contributed by atoms with Crippen LogP contribution in [0.1, 0.15) is 32.6 Å². The number of esters is 1. The Balaban J connectivity index is 1.95. The molecule has 0 aliphatic carbocycles. The lowest BCUT2D eigenvalue weighted by molar-refractivity contribution is -0.135. The molecule has 0 saturated heterocycles. The molecular formula is C16H22N2O2. The Morgan fingerprint density at radius 3 is 2.95 bits per heavy atom. The van der Waals surface area contributed by atoms with Gasteiger partial charge in [0.05, 0.1) is 0 Å². The molecule has 0 saturated carbocycles. The van der Waals surface area contributed by atoms with Crippen molar-refractivity contribution in [2.24, 2.45) is 11.7 Å². The lowest BCUT2D eigenvalue weighted by Gasteiger charge is -2.14. The predicted octanol–water partition coefficient (Wildman–Crippen LogP) is 3.23. The van der Waals surface area contributed by atoms with Gasteiger partial charge in [-0.2, -0.15) is 0 Å². The highest BCUT2D eigenvalue weighted by Gasteiger charge is 2.14. The summed E-state index contributed by atoms with van der Waals surface area (Å²) < 4.78 is 5.42. The van der Waals surface area contributed by atoms with Crippen molar-refractivity contribution >= 4 is 16.9 Å². The third-order valence-corrected chi connectivity index (χ3v) is 3.48. The summed E-state index contributed by atoms with van der Waals surface area (Å²) >= 11 is 0. The van der Waals surface area contributed by atoms with Gasteiger partial charge >= 0.3 is 5.97 Å². The number of carbonyl (C=O) groups excluding carboxylic acids is 1. The molecule has 3 N–H and O–H groups in total. The molecule has 0 amide bonds. The molecule has 4 nitrogen and oxygen atoms in total. The quantitative estimate of drug-likeness (QED) is 0.601. The minimum Gasteiger partial charge on any atom is -0.426 e. The Morgan fingerprint density at radius 2 is 2.20 bits per heavy atom. The van der Waals surface area contributed by atoms with E-state index < -0.39 is 0 Å². The minimum atomic E-state index is -0.174. The number of hydrogen-bond acceptors (Lipinski definition) is 3. The van der Waals surface area contributed by atoms with Crippen molar-refractivity contribution in [3.63, 3.8) is 0 Å². The molecule has 0 aliphatic heterocycles. The summed E-state index contributed by atoms with van der Waals surface area (Å²) in [6.45, 7) is 2.74. The van der Waals surface area contributed by atoms with Gasteiger partial charge in [0, 0.05) is 23.5 Å². The number of rotatable bonds is 7. The second-order valence-electron chi connectivity index (χ2n) is 5.14. The van der Waals surface area contributed by atoms with Crippen LogP contribution < -0.4 is 10.5 Å². The Bertz CT molecular complexity index is 556. The highest BCUT2D eigenvalue weighted by molar-refractivity contribution is 5.82. The minimum absolute atomic E-state index is 0.174. The topological polar surface area (TPSA) is 68.1 Å². The standard InChI is InChI=1S/C16H22N2O2/c1-2-3-12(6-8-17)10-16(19)20-14-4-5-15-13(11-14)7-9-18-15/h4-5,7,9,11-12,18H,2-3,6,8,10,17H2,1H3. The van der Waals surface area contributed by atoms with Gasteiger partial charge < -0.3 is 15.5 Å². The van der Waals surface area contributed by atoms with Crippen LogP contribution in [0.5, 0.6) is 5.75 Å². The van der Waals surface area contributed by atoms with E-state index in [0.29, 0.717) is 24.6 Å². The third kappa shape index (κ3) is 3.84. The van der Waals surface area contributed by atoms with Gasteiger partial charge in [-0.3, -0.25) is 4.79 Å². The van der Waals surface area contributed by atoms with Crippen LogP contribution in [0.25, 0.3) is 10.9 Å². The molecule has 2 rings (SSSR count). The average molecular weight is 274 g/mol. The van der Waals surface area contributed by atoms with Gasteiger partial charge in [0.2, 0.25) is 0 Å². The zero-order valence-electron chi connectivity index (χ0n) is 11.9. The predicted molar refractivity (Wildman–Crippen MR) is 80.6 cm³/mol. The SMILES string of the molecule is CCCC(CCN)CC(=O)Oc1ccc2[nH]ccc2c1. The number of H-pyrrole nitrogens is 1. The molecule has 4 heteroatoms. The fourth-order valence-electron chi connectivity index (χ4n) is 2.50. The Hall–Kier alpha value is -1.81. The number of aromatic nitrogens is 1. The maximum atomic E-state index is 12.0. The molecule has 1 unspecified atom stereocenters. The number of nitrogens with two attached hydrogens (primary N) is 1. The third-order valence-electron chi connectivity index (χ3n) is 3.48. The Kier molecular flexibility index (Phi) is 5.18. The number of ether oxygens (including phenoxy) is 1. The van der Waals surface area contributed by atoms with E-state index in [1.54, 1.807) is 0 Å². The van der Waals surface area contributed by atoms with E-state index in [9.17, 15) is 4.79 Å². The lowest BCUT2D eigenvalue weighted by Crippen LogP contribution is -2.17. The van der Waals surface area contributed by atoms with Gasteiger partial charge in [0.1, 0.15) is 5.75 Å². The number of carbonyl (C=O) groups is 1. The summed E-state index contributed by atoms with van der Waals surface area (Å²) in [6.07, 6.45) is 5.27. The summed E-state index contributed by atoms with van der Waals surface area (Å²) in [5, 5.41) is 1.04. The van der Waals surface area contributed by atoms with Crippen molar-refractivity contribution in [3.05, 3.63) is 30.5 Å². The van der Waals surface area contributed by atoms with E-state index >= 15 is 0 Å². The summed E-state index contributed by atoms with van der Waals surface area (Å²) in [6, 6.07) is 7.57. The van der Waals surface area contributed by atoms with Crippen LogP contribution in [0, 0.1) is 5.92 Å². The van der Waals surface area contributed by atoms with E-state index in [2.05, 4.69) is 11.9 Å². The maximum absolute atomic E-state index is 12.0. The number of aromatic amines is 1. The van der Waals surface area contributed by atoms with Crippen molar-refractivity contribution in [3.8, 4) is 5.75 Å². The van der Waals surface area contributed by atoms with Crippen LogP contribution in [0.2, 0.25) is 0 Å². The van der Waals surface area contributed by atoms with Gasteiger partial charge in [-0.15, -0.1) is 0 Å². The van der Waals surface area contributed by atoms with E-state index in [0.717, 1.165) is 30.2 Å². The van der Waals surface area contributed by atoms with Gasteiger partial charge in [-0.25, -0.2) is 0 Å². The molecule has 0 fully saturated rings. The van der Waals surface area contributed by atoms with E-state index in [-0.39, 0.29) is 5.97 Å². The zero-order chi connectivity index (χ0) is 14.4. The van der Waals surface area contributed by atoms with Crippen molar-refractivity contribution in [2.45, 2.75) is 32.6 Å². The van der Waals surface area contributed by atoms with Crippen LogP contribution in [0.15, 0.2) is 30.5 Å². The van der Waals surface area contributed by atoms with Crippen LogP contribution in [0.4, 0.5) is 0 Å². The lowest BCUT2D eigenvalue weighted by atomic mass is 9.96. The molecule has 1 heterocycles. The number of nitrogens with one attached hydrogen (secondary N) is 1. The molecule has 0 bridgehead atoms. The second kappa shape index (κ2) is 7.10. The first kappa shape index (κ1) is 14.6. The van der Waals surface area contributed by atoms with Crippen LogP contribution in [-0.2, 0) is 4.79 Å². The monoisotopic (exact) mass is 274 g/mol. The van der Waals surface area contributed by atoms with Gasteiger partial charge in [0.25, 0.3) is 0 Å². The smallest absolute Gasteiger partial charge is 0.311 e. The average Bonchev–Trinajstić information content (AvgIpc) is 2.86. The van der Waals surface area contributed by atoms with Gasteiger partial charge in [0.15, 0.2) is 0 Å². The van der Waals surface area contributed by atoms with Crippen molar-refractivity contribution in [1.82, 2.24) is 4.98 Å². The van der Waals surface area contributed by atoms with E-state index in [1.807, 2.05) is 30.5 Å². The normalized spacial score (nSPS) is 12.5. The van der Waals surface area contributed by atoms with Crippen LogP contribution >= 0.6 is 0 Å². The Morgan fingerprint density at radius 1 is 1.35 bits per heavy atom. The number of benzene rings is 1. The fraction of sp³-hybridized carbons (Fsp3) is 0.438. The molecule has 1 aromatic heterocycles. The molecule has 1 atom stereocenters. The first-order valence-electron chi connectivity index (χ1n) is 7.20. The van der Waals surface area contributed by atoms with E-state index in [1.165, 1.54) is 0 Å². The fourth-order valence-corrected chi connectivity index (χ4v) is 2.50. The number of hydrogen-bond donors (Lipinski definition) is 2. The van der Waals surface area contributed by atoms with Crippen LogP contribution in [-0.4, -0.2) is 17.5 Å². The summed E-state index contributed by atoms with van der Waals surface area (Å²) in [5.41, 5.74) is 6.62. The summed E-state index contributed by atoms with van der Waals surface area (Å²) in [4.78, 5) is 15.1. The summed E-state index contributed by atoms with van der Waals surface area (Å²) in [5.74, 6) is 0.755. The Labute approximate surface area is 119 Å². The molecule has 1 aromatic carbocycles. The molecule has 0 aliphatic rings. The molecule has 2 aromatic rings. The van der Waals surface area contributed by atoms with Crippen molar-refractivity contribution in [1.29, 1.82) is 0 Å². The summed E-state index contributed by atoms with van der Waals surface area (Å²) in [7, 11) is 0. The van der Waals surface area contributed by atoms with E-state index in [4.69, 9.17) is 10.5 Å². The maximum Gasteiger partial charge on any atom is 0.311 e. The highest BCUT2D eigenvalue weighted by atomic mass is 16.5. The first-order chi connectivity index (χ1) is 9.72. The van der Waals surface area contributed by atoms with Gasteiger partial charge in [-0.1, -0.05) is 19.8 Å². The molecule has 20 heavy (non-hydrogen) atoms. The molecule has 108 valence electrons. The first-order valence-corrected chi connectivity index (χ1v) is 7.20. The van der Waals surface area contributed by atoms with Gasteiger partial charge in [-0.05, 0) is 43.1 Å². The number of fused-ring (bicyclic) bond motifs is 1. The largest absolute Gasteiger partial charge is 0.426 e. The zero-order valence-corrected chi connectivity index (χ0v) is 11.9. The highest BCUT2D eigenvalue weighted by Crippen LogP contribution is 2.21. The van der Waals surface area contributed by atoms with Crippen molar-refractivity contribution < 1.29 is 9.53 Å². The molecule has 0 spiro atoms. The molecular weight excluding hydrogens is 252 g/mol. The van der Waals surface area contributed by atoms with Crippen molar-refractivity contribution in [2.75, 3.05) is 6.54 Å². The second-order valence-corrected chi connectivity index (χ2v) is 5.14. The van der Waals surface area contributed by atoms with Crippen LogP contribution in [0.3, 0.4) is 0 Å². The molecule has 0 radical (unpaired) electrons.